The summed E-state index contributed by atoms with van der Waals surface area (Å²) in [4.78, 5) is 74.6. The normalized spacial score (nSPS) is 18.3. The standard InChI is InChI=1S/C51H79N5O8/c1-15-35(6)45(54(11)43(33(2)3)48(59)53-49(60)44(34(4)5)55(12)50(61)64-51(8,9)10)41(62-13)32-42(57)56-30-22-27-40(56)46(63-14)36(7)47(58)52-39(31-38-25-20-17-21-26-38)29-28-37-23-18-16-19-24-37/h16-21,23-26,28-29,33-36,39-41,43-46H,15,22,27,30-32H2,1-14H3,(H,52,58)(H,53,59,60)/b29-28+/t35-,36+,39+,40-,41+,43-,44-,45-,46+/m0/s1. The molecule has 13 heteroatoms. The molecule has 2 N–H and O–H groups in total. The molecular weight excluding hydrogens is 811 g/mol. The average Bonchev–Trinajstić information content (AvgIpc) is 3.72. The maximum atomic E-state index is 14.5. The first-order valence-electron chi connectivity index (χ1n) is 23.1. The van der Waals surface area contributed by atoms with Gasteiger partial charge in [0.2, 0.25) is 23.6 Å². The molecule has 9 atom stereocenters. The van der Waals surface area contributed by atoms with Crippen molar-refractivity contribution in [2.75, 3.05) is 34.9 Å². The molecule has 0 saturated carbocycles. The van der Waals surface area contributed by atoms with Crippen LogP contribution >= 0.6 is 0 Å². The highest BCUT2D eigenvalue weighted by atomic mass is 16.6. The predicted octanol–water partition coefficient (Wildman–Crippen LogP) is 7.38. The number of ether oxygens (including phenoxy) is 3. The van der Waals surface area contributed by atoms with Crippen molar-refractivity contribution in [2.24, 2.45) is 23.7 Å². The van der Waals surface area contributed by atoms with E-state index < -0.39 is 59.8 Å². The van der Waals surface area contributed by atoms with Gasteiger partial charge in [-0.2, -0.15) is 0 Å². The van der Waals surface area contributed by atoms with E-state index in [-0.39, 0.29) is 48.1 Å². The summed E-state index contributed by atoms with van der Waals surface area (Å²) in [5, 5.41) is 5.89. The Morgan fingerprint density at radius 2 is 1.41 bits per heavy atom. The van der Waals surface area contributed by atoms with E-state index in [1.807, 2.05) is 124 Å². The predicted molar refractivity (Wildman–Crippen MR) is 253 cm³/mol. The van der Waals surface area contributed by atoms with Crippen molar-refractivity contribution in [1.82, 2.24) is 25.3 Å². The fourth-order valence-corrected chi connectivity index (χ4v) is 9.12. The summed E-state index contributed by atoms with van der Waals surface area (Å²) in [5.41, 5.74) is 1.37. The Morgan fingerprint density at radius 3 is 1.94 bits per heavy atom. The molecule has 5 amide bonds. The van der Waals surface area contributed by atoms with Crippen molar-refractivity contribution in [1.29, 1.82) is 0 Å². The molecule has 1 saturated heterocycles. The Balaban J connectivity index is 1.82. The fraction of sp³-hybridized carbons (Fsp3) is 0.627. The van der Waals surface area contributed by atoms with Crippen molar-refractivity contribution >= 4 is 35.8 Å². The van der Waals surface area contributed by atoms with Gasteiger partial charge >= 0.3 is 6.09 Å². The van der Waals surface area contributed by atoms with Gasteiger partial charge in [0, 0.05) is 33.9 Å². The van der Waals surface area contributed by atoms with Gasteiger partial charge in [0.1, 0.15) is 11.6 Å². The van der Waals surface area contributed by atoms with Gasteiger partial charge in [0.15, 0.2) is 0 Å². The summed E-state index contributed by atoms with van der Waals surface area (Å²) in [6.07, 6.45) is 5.03. The van der Waals surface area contributed by atoms with Crippen LogP contribution in [0.3, 0.4) is 0 Å². The molecule has 2 aromatic rings. The largest absolute Gasteiger partial charge is 0.444 e. The third kappa shape index (κ3) is 15.3. The quantitative estimate of drug-likeness (QED) is 0.124. The second-order valence-electron chi connectivity index (χ2n) is 19.2. The van der Waals surface area contributed by atoms with E-state index in [9.17, 15) is 24.0 Å². The number of imide groups is 1. The third-order valence-electron chi connectivity index (χ3n) is 12.5. The van der Waals surface area contributed by atoms with Crippen molar-refractivity contribution in [2.45, 2.75) is 149 Å². The molecule has 13 nitrogen and oxygen atoms in total. The lowest BCUT2D eigenvalue weighted by Crippen LogP contribution is -2.60. The molecule has 0 aromatic heterocycles. The van der Waals surface area contributed by atoms with Crippen LogP contribution in [-0.2, 0) is 39.8 Å². The zero-order valence-corrected chi connectivity index (χ0v) is 41.1. The fourth-order valence-electron chi connectivity index (χ4n) is 9.12. The van der Waals surface area contributed by atoms with Crippen molar-refractivity contribution in [3.05, 3.63) is 77.9 Å². The van der Waals surface area contributed by atoms with E-state index >= 15 is 0 Å². The van der Waals surface area contributed by atoms with Crippen LogP contribution in [0, 0.1) is 23.7 Å². The van der Waals surface area contributed by atoms with Gasteiger partial charge in [-0.25, -0.2) is 4.79 Å². The summed E-state index contributed by atoms with van der Waals surface area (Å²) in [6, 6.07) is 17.3. The van der Waals surface area contributed by atoms with E-state index in [1.165, 1.54) is 11.9 Å². The van der Waals surface area contributed by atoms with E-state index in [1.54, 1.807) is 35.0 Å². The molecular formula is C51H79N5O8. The number of benzene rings is 2. The lowest BCUT2D eigenvalue weighted by Gasteiger charge is -2.43. The van der Waals surface area contributed by atoms with Gasteiger partial charge in [-0.3, -0.25) is 34.3 Å². The molecule has 0 bridgehead atoms. The van der Waals surface area contributed by atoms with Crippen LogP contribution in [0.15, 0.2) is 66.7 Å². The molecule has 1 aliphatic heterocycles. The van der Waals surface area contributed by atoms with Crippen LogP contribution in [0.1, 0.15) is 106 Å². The van der Waals surface area contributed by atoms with Crippen LogP contribution < -0.4 is 10.6 Å². The van der Waals surface area contributed by atoms with E-state index in [2.05, 4.69) is 24.5 Å². The highest BCUT2D eigenvalue weighted by molar-refractivity contribution is 6.01. The number of rotatable bonds is 22. The number of nitrogens with zero attached hydrogens (tertiary/aromatic N) is 3. The molecule has 1 fully saturated rings. The summed E-state index contributed by atoms with van der Waals surface area (Å²) in [5.74, 6) is -2.53. The molecule has 2 aromatic carbocycles. The van der Waals surface area contributed by atoms with Crippen LogP contribution in [0.25, 0.3) is 6.08 Å². The van der Waals surface area contributed by atoms with Crippen LogP contribution in [0.2, 0.25) is 0 Å². The number of carbonyl (C=O) groups is 5. The molecule has 1 heterocycles. The van der Waals surface area contributed by atoms with Gasteiger partial charge in [0.05, 0.1) is 42.7 Å². The van der Waals surface area contributed by atoms with E-state index in [4.69, 9.17) is 14.2 Å². The first-order chi connectivity index (χ1) is 30.1. The second kappa shape index (κ2) is 25.2. The van der Waals surface area contributed by atoms with E-state index in [0.717, 1.165) is 24.0 Å². The van der Waals surface area contributed by atoms with Crippen molar-refractivity contribution in [3.63, 3.8) is 0 Å². The highest BCUT2D eigenvalue weighted by Gasteiger charge is 2.44. The smallest absolute Gasteiger partial charge is 0.410 e. The second-order valence-corrected chi connectivity index (χ2v) is 19.2. The van der Waals surface area contributed by atoms with Gasteiger partial charge in [-0.1, -0.05) is 128 Å². The average molecular weight is 890 g/mol. The topological polar surface area (TPSA) is 147 Å². The zero-order chi connectivity index (χ0) is 47.9. The van der Waals surface area contributed by atoms with Gasteiger partial charge < -0.3 is 24.4 Å². The van der Waals surface area contributed by atoms with Gasteiger partial charge in [-0.05, 0) is 76.0 Å². The monoisotopic (exact) mass is 890 g/mol. The molecule has 1 aliphatic rings. The molecule has 3 rings (SSSR count). The third-order valence-corrected chi connectivity index (χ3v) is 12.5. The molecule has 356 valence electrons. The number of carbonyl (C=O) groups excluding carboxylic acids is 5. The first-order valence-corrected chi connectivity index (χ1v) is 23.1. The van der Waals surface area contributed by atoms with Crippen molar-refractivity contribution < 1.29 is 38.2 Å². The number of hydrogen-bond acceptors (Lipinski definition) is 9. The number of amides is 5. The molecule has 0 unspecified atom stereocenters. The Kier molecular flexibility index (Phi) is 21.2. The first kappa shape index (κ1) is 53.7. The Labute approximate surface area is 384 Å². The zero-order valence-electron chi connectivity index (χ0n) is 41.1. The Hall–Kier alpha value is -4.59. The van der Waals surface area contributed by atoms with Gasteiger partial charge in [0.25, 0.3) is 0 Å². The minimum absolute atomic E-state index is 0.0150. The lowest BCUT2D eigenvalue weighted by molar-refractivity contribution is -0.144. The Bertz CT molecular complexity index is 1820. The molecule has 0 aliphatic carbocycles. The number of likely N-dealkylation sites (N-methyl/N-ethyl adjacent to an activating group) is 2. The number of likely N-dealkylation sites (tertiary alicyclic amines) is 1. The van der Waals surface area contributed by atoms with E-state index in [0.29, 0.717) is 19.4 Å². The minimum atomic E-state index is -0.961. The number of nitrogens with one attached hydrogen (secondary N) is 2. The molecule has 0 radical (unpaired) electrons. The van der Waals surface area contributed by atoms with Crippen LogP contribution in [0.4, 0.5) is 4.79 Å². The SMILES string of the molecule is CC[C@H](C)[C@@H]([C@@H](CC(=O)N1CCC[C@H]1[C@H](OC)[C@@H](C)C(=O)N[C@H](/C=C/c1ccccc1)Cc1ccccc1)OC)N(C)[C@H](C(=O)NC(=O)[C@H](C(C)C)N(C)C(=O)OC(C)(C)C)C(C)C. The highest BCUT2D eigenvalue weighted by Crippen LogP contribution is 2.31. The summed E-state index contributed by atoms with van der Waals surface area (Å²) in [7, 11) is 6.52. The van der Waals surface area contributed by atoms with Crippen molar-refractivity contribution in [3.8, 4) is 0 Å². The van der Waals surface area contributed by atoms with Crippen LogP contribution in [-0.4, -0.2) is 127 Å². The van der Waals surface area contributed by atoms with Crippen LogP contribution in [0.5, 0.6) is 0 Å². The Morgan fingerprint density at radius 1 is 0.828 bits per heavy atom. The summed E-state index contributed by atoms with van der Waals surface area (Å²) >= 11 is 0. The molecule has 0 spiro atoms. The maximum absolute atomic E-state index is 14.5. The molecule has 64 heavy (non-hydrogen) atoms. The maximum Gasteiger partial charge on any atom is 0.410 e. The summed E-state index contributed by atoms with van der Waals surface area (Å²) < 4.78 is 17.8. The number of hydrogen-bond donors (Lipinski definition) is 2. The number of methoxy groups -OCH3 is 2. The van der Waals surface area contributed by atoms with Gasteiger partial charge in [-0.15, -0.1) is 0 Å². The summed E-state index contributed by atoms with van der Waals surface area (Å²) in [6.45, 7) is 19.2. The minimum Gasteiger partial charge on any atom is -0.444 e. The lowest BCUT2D eigenvalue weighted by atomic mass is 9.87.